The molecule has 1 N–H and O–H groups in total. The van der Waals surface area contributed by atoms with Crippen LogP contribution in [0, 0.1) is 11.8 Å². The van der Waals surface area contributed by atoms with Crippen molar-refractivity contribution in [2.75, 3.05) is 0 Å². The molecule has 1 saturated carbocycles. The predicted molar refractivity (Wildman–Crippen MR) is 86.0 cm³/mol. The van der Waals surface area contributed by atoms with Crippen molar-refractivity contribution in [3.05, 3.63) is 22.4 Å². The highest BCUT2D eigenvalue weighted by Gasteiger charge is 2.33. The van der Waals surface area contributed by atoms with Gasteiger partial charge < -0.3 is 9.88 Å². The van der Waals surface area contributed by atoms with Gasteiger partial charge in [0.15, 0.2) is 0 Å². The van der Waals surface area contributed by atoms with Crippen LogP contribution in [-0.4, -0.2) is 16.5 Å². The van der Waals surface area contributed by atoms with Crippen LogP contribution in [0.5, 0.6) is 0 Å². The molecule has 20 heavy (non-hydrogen) atoms. The summed E-state index contributed by atoms with van der Waals surface area (Å²) in [4.78, 5) is 12.5. The maximum Gasteiger partial charge on any atom is 0.268 e. The van der Waals surface area contributed by atoms with Crippen LogP contribution in [0.4, 0.5) is 0 Å². The van der Waals surface area contributed by atoms with E-state index >= 15 is 0 Å². The first kappa shape index (κ1) is 15.6. The van der Waals surface area contributed by atoms with E-state index in [2.05, 4.69) is 48.9 Å². The van der Waals surface area contributed by atoms with E-state index in [9.17, 15) is 4.79 Å². The summed E-state index contributed by atoms with van der Waals surface area (Å²) in [7, 11) is 0. The average Bonchev–Trinajstić information content (AvgIpc) is 2.94. The molecule has 3 unspecified atom stereocenters. The van der Waals surface area contributed by atoms with E-state index in [-0.39, 0.29) is 11.9 Å². The molecule has 1 aliphatic carbocycles. The lowest BCUT2D eigenvalue weighted by atomic mass is 9.93. The Balaban J connectivity index is 2.09. The van der Waals surface area contributed by atoms with Crippen molar-refractivity contribution in [1.29, 1.82) is 0 Å². The van der Waals surface area contributed by atoms with Crippen LogP contribution in [0.2, 0.25) is 0 Å². The molecule has 1 fully saturated rings. The fourth-order valence-electron chi connectivity index (χ4n) is 3.32. The van der Waals surface area contributed by atoms with Crippen molar-refractivity contribution in [3.8, 4) is 0 Å². The number of carbonyl (C=O) groups excluding carboxylic acids is 1. The number of nitrogens with zero attached hydrogens (tertiary/aromatic N) is 1. The van der Waals surface area contributed by atoms with Gasteiger partial charge in [-0.05, 0) is 60.5 Å². The molecule has 0 bridgehead atoms. The Hall–Kier alpha value is -0.770. The van der Waals surface area contributed by atoms with Gasteiger partial charge in [-0.2, -0.15) is 0 Å². The van der Waals surface area contributed by atoms with E-state index < -0.39 is 0 Å². The lowest BCUT2D eigenvalue weighted by Gasteiger charge is -2.22. The topological polar surface area (TPSA) is 34.0 Å². The molecule has 0 aliphatic heterocycles. The first-order valence-electron chi connectivity index (χ1n) is 7.62. The SMILES string of the molecule is CCC1CCC(NC(=O)c2cc(Br)cn2C(C)C)C1C. The van der Waals surface area contributed by atoms with Gasteiger partial charge in [0.25, 0.3) is 5.91 Å². The Morgan fingerprint density at radius 2 is 2.20 bits per heavy atom. The normalized spacial score (nSPS) is 26.2. The molecule has 1 amide bonds. The largest absolute Gasteiger partial charge is 0.348 e. The van der Waals surface area contributed by atoms with Crippen molar-refractivity contribution in [2.24, 2.45) is 11.8 Å². The van der Waals surface area contributed by atoms with E-state index in [0.29, 0.717) is 12.0 Å². The number of hydrogen-bond acceptors (Lipinski definition) is 1. The van der Waals surface area contributed by atoms with E-state index in [1.165, 1.54) is 12.8 Å². The van der Waals surface area contributed by atoms with Crippen LogP contribution in [0.1, 0.15) is 63.5 Å². The van der Waals surface area contributed by atoms with E-state index in [0.717, 1.165) is 22.5 Å². The Labute approximate surface area is 130 Å². The average molecular weight is 341 g/mol. The molecule has 1 aliphatic rings. The second-order valence-electron chi connectivity index (χ2n) is 6.23. The number of amides is 1. The molecule has 1 aromatic heterocycles. The molecule has 2 rings (SSSR count). The van der Waals surface area contributed by atoms with Gasteiger partial charge >= 0.3 is 0 Å². The van der Waals surface area contributed by atoms with E-state index in [4.69, 9.17) is 0 Å². The zero-order chi connectivity index (χ0) is 14.9. The minimum absolute atomic E-state index is 0.0537. The van der Waals surface area contributed by atoms with Crippen LogP contribution in [-0.2, 0) is 0 Å². The van der Waals surface area contributed by atoms with Crippen LogP contribution in [0.15, 0.2) is 16.7 Å². The number of nitrogens with one attached hydrogen (secondary N) is 1. The summed E-state index contributed by atoms with van der Waals surface area (Å²) in [5.74, 6) is 1.39. The van der Waals surface area contributed by atoms with Crippen molar-refractivity contribution in [2.45, 2.75) is 59.0 Å². The number of rotatable bonds is 4. The Kier molecular flexibility index (Phi) is 4.95. The minimum atomic E-state index is 0.0537. The van der Waals surface area contributed by atoms with Gasteiger partial charge in [-0.15, -0.1) is 0 Å². The van der Waals surface area contributed by atoms with Gasteiger partial charge in [-0.25, -0.2) is 0 Å². The van der Waals surface area contributed by atoms with Gasteiger partial charge in [0.2, 0.25) is 0 Å². The van der Waals surface area contributed by atoms with Gasteiger partial charge in [-0.1, -0.05) is 20.3 Å². The number of carbonyl (C=O) groups is 1. The third-order valence-electron chi connectivity index (χ3n) is 4.67. The molecule has 0 saturated heterocycles. The summed E-state index contributed by atoms with van der Waals surface area (Å²) in [5, 5.41) is 3.24. The molecular weight excluding hydrogens is 316 g/mol. The molecule has 3 nitrogen and oxygen atoms in total. The Bertz CT molecular complexity index is 481. The lowest BCUT2D eigenvalue weighted by Crippen LogP contribution is -2.38. The van der Waals surface area contributed by atoms with Crippen molar-refractivity contribution in [1.82, 2.24) is 9.88 Å². The highest BCUT2D eigenvalue weighted by Crippen LogP contribution is 2.34. The zero-order valence-electron chi connectivity index (χ0n) is 12.8. The summed E-state index contributed by atoms with van der Waals surface area (Å²) in [6, 6.07) is 2.51. The second kappa shape index (κ2) is 6.33. The van der Waals surface area contributed by atoms with Gasteiger partial charge in [-0.3, -0.25) is 4.79 Å². The molecule has 1 heterocycles. The zero-order valence-corrected chi connectivity index (χ0v) is 14.4. The minimum Gasteiger partial charge on any atom is -0.348 e. The summed E-state index contributed by atoms with van der Waals surface area (Å²) in [6.45, 7) is 8.69. The number of aromatic nitrogens is 1. The first-order valence-corrected chi connectivity index (χ1v) is 8.41. The summed E-state index contributed by atoms with van der Waals surface area (Å²) < 4.78 is 2.98. The summed E-state index contributed by atoms with van der Waals surface area (Å²) in [6.07, 6.45) is 5.53. The van der Waals surface area contributed by atoms with Crippen molar-refractivity contribution < 1.29 is 4.79 Å². The third kappa shape index (κ3) is 3.11. The van der Waals surface area contributed by atoms with Crippen molar-refractivity contribution in [3.63, 3.8) is 0 Å². The van der Waals surface area contributed by atoms with E-state index in [1.54, 1.807) is 0 Å². The van der Waals surface area contributed by atoms with Crippen molar-refractivity contribution >= 4 is 21.8 Å². The van der Waals surface area contributed by atoms with Gasteiger partial charge in [0.1, 0.15) is 5.69 Å². The van der Waals surface area contributed by atoms with Crippen LogP contribution in [0.25, 0.3) is 0 Å². The molecule has 4 heteroatoms. The Morgan fingerprint density at radius 3 is 2.75 bits per heavy atom. The van der Waals surface area contributed by atoms with Gasteiger partial charge in [0, 0.05) is 22.8 Å². The second-order valence-corrected chi connectivity index (χ2v) is 7.15. The highest BCUT2D eigenvalue weighted by molar-refractivity contribution is 9.10. The first-order chi connectivity index (χ1) is 9.43. The van der Waals surface area contributed by atoms with Gasteiger partial charge in [0.05, 0.1) is 0 Å². The number of halogens is 1. The molecular formula is C16H25BrN2O. The van der Waals surface area contributed by atoms with Crippen LogP contribution < -0.4 is 5.32 Å². The fourth-order valence-corrected chi connectivity index (χ4v) is 3.76. The molecule has 0 spiro atoms. The Morgan fingerprint density at radius 1 is 1.50 bits per heavy atom. The summed E-state index contributed by atoms with van der Waals surface area (Å²) in [5.41, 5.74) is 0.749. The van der Waals surface area contributed by atoms with Crippen LogP contribution >= 0.6 is 15.9 Å². The fraction of sp³-hybridized carbons (Fsp3) is 0.688. The molecule has 0 aromatic carbocycles. The monoisotopic (exact) mass is 340 g/mol. The lowest BCUT2D eigenvalue weighted by molar-refractivity contribution is 0.0915. The molecule has 0 radical (unpaired) electrons. The molecule has 1 aromatic rings. The third-order valence-corrected chi connectivity index (χ3v) is 5.11. The smallest absolute Gasteiger partial charge is 0.268 e. The quantitative estimate of drug-likeness (QED) is 0.866. The maximum atomic E-state index is 12.5. The van der Waals surface area contributed by atoms with E-state index in [1.807, 2.05) is 16.8 Å². The maximum absolute atomic E-state index is 12.5. The molecule has 112 valence electrons. The molecule has 3 atom stereocenters. The van der Waals surface area contributed by atoms with Crippen LogP contribution in [0.3, 0.4) is 0 Å². The number of hydrogen-bond donors (Lipinski definition) is 1. The predicted octanol–water partition coefficient (Wildman–Crippen LogP) is 4.39. The highest BCUT2D eigenvalue weighted by atomic mass is 79.9. The standard InChI is InChI=1S/C16H25BrN2O/c1-5-12-6-7-14(11(12)4)18-16(20)15-8-13(17)9-19(15)10(2)3/h8-12,14H,5-7H2,1-4H3,(H,18,20). The summed E-state index contributed by atoms with van der Waals surface area (Å²) >= 11 is 3.46.